The molecule has 2 rings (SSSR count). The first-order chi connectivity index (χ1) is 9.62. The molecule has 0 aliphatic rings. The van der Waals surface area contributed by atoms with Crippen molar-refractivity contribution in [3.63, 3.8) is 0 Å². The first kappa shape index (κ1) is 14.5. The number of ether oxygens (including phenoxy) is 2. The quantitative estimate of drug-likeness (QED) is 0.788. The maximum atomic E-state index is 13.7. The SMILES string of the molecule is COc1ccc(-c2ccc(C=O)c(F)c2)c(OC)c1Br. The van der Waals surface area contributed by atoms with Crippen LogP contribution < -0.4 is 9.47 Å². The van der Waals surface area contributed by atoms with Gasteiger partial charge in [-0.1, -0.05) is 6.07 Å². The van der Waals surface area contributed by atoms with Gasteiger partial charge in [0.05, 0.1) is 19.8 Å². The Balaban J connectivity index is 2.60. The lowest BCUT2D eigenvalue weighted by Gasteiger charge is -2.13. The third-order valence-electron chi connectivity index (χ3n) is 2.92. The second-order valence-corrected chi connectivity index (χ2v) is 4.81. The zero-order valence-electron chi connectivity index (χ0n) is 10.9. The number of hydrogen-bond acceptors (Lipinski definition) is 3. The monoisotopic (exact) mass is 338 g/mol. The maximum Gasteiger partial charge on any atom is 0.152 e. The van der Waals surface area contributed by atoms with E-state index in [1.54, 1.807) is 25.3 Å². The summed E-state index contributed by atoms with van der Waals surface area (Å²) in [5.74, 6) is 0.602. The molecule has 0 radical (unpaired) electrons. The van der Waals surface area contributed by atoms with Gasteiger partial charge < -0.3 is 9.47 Å². The highest BCUT2D eigenvalue weighted by molar-refractivity contribution is 9.10. The van der Waals surface area contributed by atoms with Crippen LogP contribution in [0.25, 0.3) is 11.1 Å². The summed E-state index contributed by atoms with van der Waals surface area (Å²) >= 11 is 3.40. The first-order valence-electron chi connectivity index (χ1n) is 5.78. The predicted octanol–water partition coefficient (Wildman–Crippen LogP) is 4.08. The van der Waals surface area contributed by atoms with Gasteiger partial charge in [0, 0.05) is 5.56 Å². The van der Waals surface area contributed by atoms with Crippen molar-refractivity contribution in [3.05, 3.63) is 46.2 Å². The van der Waals surface area contributed by atoms with Crippen LogP contribution in [0.2, 0.25) is 0 Å². The molecule has 0 atom stereocenters. The van der Waals surface area contributed by atoms with Gasteiger partial charge in [-0.15, -0.1) is 0 Å². The van der Waals surface area contributed by atoms with Gasteiger partial charge in [0.15, 0.2) is 6.29 Å². The second kappa shape index (κ2) is 6.05. The summed E-state index contributed by atoms with van der Waals surface area (Å²) in [5.41, 5.74) is 1.35. The second-order valence-electron chi connectivity index (χ2n) is 4.02. The summed E-state index contributed by atoms with van der Waals surface area (Å²) in [6, 6.07) is 7.95. The Morgan fingerprint density at radius 2 is 1.90 bits per heavy atom. The van der Waals surface area contributed by atoms with Crippen LogP contribution in [-0.4, -0.2) is 20.5 Å². The van der Waals surface area contributed by atoms with Crippen molar-refractivity contribution in [2.24, 2.45) is 0 Å². The zero-order valence-corrected chi connectivity index (χ0v) is 12.5. The van der Waals surface area contributed by atoms with Gasteiger partial charge in [-0.2, -0.15) is 0 Å². The number of methoxy groups -OCH3 is 2. The van der Waals surface area contributed by atoms with Gasteiger partial charge in [-0.25, -0.2) is 4.39 Å². The van der Waals surface area contributed by atoms with Crippen molar-refractivity contribution in [1.82, 2.24) is 0 Å². The molecule has 104 valence electrons. The molecular weight excluding hydrogens is 327 g/mol. The van der Waals surface area contributed by atoms with Crippen molar-refractivity contribution >= 4 is 22.2 Å². The lowest BCUT2D eigenvalue weighted by atomic mass is 10.0. The largest absolute Gasteiger partial charge is 0.495 e. The molecule has 0 aromatic heterocycles. The van der Waals surface area contributed by atoms with Gasteiger partial charge in [-0.05, 0) is 45.8 Å². The fourth-order valence-electron chi connectivity index (χ4n) is 1.91. The molecule has 3 nitrogen and oxygen atoms in total. The number of hydrogen-bond donors (Lipinski definition) is 0. The topological polar surface area (TPSA) is 35.5 Å². The first-order valence-corrected chi connectivity index (χ1v) is 6.57. The summed E-state index contributed by atoms with van der Waals surface area (Å²) in [4.78, 5) is 10.6. The molecule has 0 spiro atoms. The van der Waals surface area contributed by atoms with E-state index in [4.69, 9.17) is 9.47 Å². The van der Waals surface area contributed by atoms with E-state index in [1.807, 2.05) is 0 Å². The zero-order chi connectivity index (χ0) is 14.7. The third kappa shape index (κ3) is 2.54. The molecular formula is C15H12BrFO3. The Hall–Kier alpha value is -1.88. The van der Waals surface area contributed by atoms with Crippen LogP contribution in [0.15, 0.2) is 34.8 Å². The Labute approximate surface area is 124 Å². The molecule has 0 aliphatic carbocycles. The molecule has 0 N–H and O–H groups in total. The molecule has 20 heavy (non-hydrogen) atoms. The number of aldehydes is 1. The molecule has 0 aliphatic heterocycles. The van der Waals surface area contributed by atoms with Crippen LogP contribution in [0, 0.1) is 5.82 Å². The Kier molecular flexibility index (Phi) is 4.39. The molecule has 2 aromatic rings. The molecule has 5 heteroatoms. The van der Waals surface area contributed by atoms with Crippen LogP contribution >= 0.6 is 15.9 Å². The van der Waals surface area contributed by atoms with Crippen molar-refractivity contribution in [3.8, 4) is 22.6 Å². The highest BCUT2D eigenvalue weighted by atomic mass is 79.9. The van der Waals surface area contributed by atoms with Crippen molar-refractivity contribution < 1.29 is 18.7 Å². The van der Waals surface area contributed by atoms with E-state index < -0.39 is 5.82 Å². The predicted molar refractivity (Wildman–Crippen MR) is 78.0 cm³/mol. The van der Waals surface area contributed by atoms with E-state index in [0.717, 1.165) is 0 Å². The van der Waals surface area contributed by atoms with Crippen LogP contribution in [-0.2, 0) is 0 Å². The van der Waals surface area contributed by atoms with Crippen LogP contribution in [0.1, 0.15) is 10.4 Å². The standard InChI is InChI=1S/C15H12BrFO3/c1-19-13-6-5-11(15(20-2)14(13)16)9-3-4-10(8-18)12(17)7-9/h3-8H,1-2H3. The highest BCUT2D eigenvalue weighted by Crippen LogP contribution is 2.42. The normalized spacial score (nSPS) is 10.2. The van der Waals surface area contributed by atoms with Crippen molar-refractivity contribution in [2.45, 2.75) is 0 Å². The third-order valence-corrected chi connectivity index (χ3v) is 3.68. The summed E-state index contributed by atoms with van der Waals surface area (Å²) < 4.78 is 24.9. The smallest absolute Gasteiger partial charge is 0.152 e. The number of carbonyl (C=O) groups excluding carboxylic acids is 1. The summed E-state index contributed by atoms with van der Waals surface area (Å²) in [5, 5.41) is 0. The minimum Gasteiger partial charge on any atom is -0.495 e. The van der Waals surface area contributed by atoms with Gasteiger partial charge in [0.1, 0.15) is 21.8 Å². The van der Waals surface area contributed by atoms with Gasteiger partial charge in [0.25, 0.3) is 0 Å². The van der Waals surface area contributed by atoms with E-state index in [0.29, 0.717) is 33.4 Å². The Bertz CT molecular complexity index is 656. The number of halogens is 2. The van der Waals surface area contributed by atoms with Crippen molar-refractivity contribution in [1.29, 1.82) is 0 Å². The number of carbonyl (C=O) groups is 1. The number of rotatable bonds is 4. The Morgan fingerprint density at radius 3 is 2.45 bits per heavy atom. The van der Waals surface area contributed by atoms with E-state index in [2.05, 4.69) is 15.9 Å². The minimum atomic E-state index is -0.563. The molecule has 0 bridgehead atoms. The van der Waals surface area contributed by atoms with Gasteiger partial charge >= 0.3 is 0 Å². The fourth-order valence-corrected chi connectivity index (χ4v) is 2.58. The van der Waals surface area contributed by atoms with Crippen LogP contribution in [0.5, 0.6) is 11.5 Å². The average molecular weight is 339 g/mol. The fraction of sp³-hybridized carbons (Fsp3) is 0.133. The summed E-state index contributed by atoms with van der Waals surface area (Å²) in [6.07, 6.45) is 0.486. The highest BCUT2D eigenvalue weighted by Gasteiger charge is 2.15. The van der Waals surface area contributed by atoms with Gasteiger partial charge in [-0.3, -0.25) is 4.79 Å². The average Bonchev–Trinajstić information content (AvgIpc) is 2.46. The summed E-state index contributed by atoms with van der Waals surface area (Å²) in [7, 11) is 3.08. The summed E-state index contributed by atoms with van der Waals surface area (Å²) in [6.45, 7) is 0. The molecule has 2 aromatic carbocycles. The molecule has 0 saturated heterocycles. The van der Waals surface area contributed by atoms with Crippen LogP contribution in [0.4, 0.5) is 4.39 Å². The lowest BCUT2D eigenvalue weighted by molar-refractivity contribution is 0.112. The van der Waals surface area contributed by atoms with E-state index >= 15 is 0 Å². The Morgan fingerprint density at radius 1 is 1.15 bits per heavy atom. The van der Waals surface area contributed by atoms with Crippen LogP contribution in [0.3, 0.4) is 0 Å². The molecule has 0 heterocycles. The molecule has 0 saturated carbocycles. The maximum absolute atomic E-state index is 13.7. The molecule has 0 unspecified atom stereocenters. The minimum absolute atomic E-state index is 0.0281. The molecule has 0 amide bonds. The lowest BCUT2D eigenvalue weighted by Crippen LogP contribution is -1.94. The van der Waals surface area contributed by atoms with E-state index in [1.165, 1.54) is 19.2 Å². The van der Waals surface area contributed by atoms with Crippen molar-refractivity contribution in [2.75, 3.05) is 14.2 Å². The van der Waals surface area contributed by atoms with E-state index in [-0.39, 0.29) is 5.56 Å². The van der Waals surface area contributed by atoms with E-state index in [9.17, 15) is 9.18 Å². The van der Waals surface area contributed by atoms with Gasteiger partial charge in [0.2, 0.25) is 0 Å². The number of benzene rings is 2. The molecule has 0 fully saturated rings.